The Morgan fingerprint density at radius 3 is 2.55 bits per heavy atom. The lowest BCUT2D eigenvalue weighted by Crippen LogP contribution is -2.10. The minimum absolute atomic E-state index is 0.575. The van der Waals surface area contributed by atoms with Gasteiger partial charge in [0.2, 0.25) is 5.13 Å². The monoisotopic (exact) mass is 309 g/mol. The van der Waals surface area contributed by atoms with Gasteiger partial charge in [-0.25, -0.2) is 9.99 Å². The highest BCUT2D eigenvalue weighted by Crippen LogP contribution is 2.27. The quantitative estimate of drug-likeness (QED) is 0.300. The third-order valence-electron chi connectivity index (χ3n) is 2.92. The first kappa shape index (κ1) is 14.3. The molecule has 0 aliphatic carbocycles. The van der Waals surface area contributed by atoms with E-state index in [9.17, 15) is 0 Å². The molecule has 6 heteroatoms. The van der Waals surface area contributed by atoms with Gasteiger partial charge in [0.25, 0.3) is 0 Å². The van der Waals surface area contributed by atoms with E-state index in [1.165, 1.54) is 0 Å². The van der Waals surface area contributed by atoms with Crippen molar-refractivity contribution in [1.29, 1.82) is 0 Å². The molecule has 0 unspecified atom stereocenters. The van der Waals surface area contributed by atoms with Crippen LogP contribution in [0, 0.1) is 0 Å². The number of anilines is 1. The summed E-state index contributed by atoms with van der Waals surface area (Å²) in [5.41, 5.74) is 1.79. The number of azo groups is 1. The van der Waals surface area contributed by atoms with E-state index in [2.05, 4.69) is 26.4 Å². The first-order valence-corrected chi connectivity index (χ1v) is 7.65. The largest absolute Gasteiger partial charge is 0.240 e. The van der Waals surface area contributed by atoms with E-state index in [1.807, 2.05) is 62.5 Å². The number of hydrogen-bond donors (Lipinski definition) is 0. The van der Waals surface area contributed by atoms with Crippen LogP contribution in [0.15, 0.2) is 69.9 Å². The second kappa shape index (κ2) is 6.44. The van der Waals surface area contributed by atoms with E-state index in [1.54, 1.807) is 16.3 Å². The number of hydrogen-bond acceptors (Lipinski definition) is 5. The Labute approximate surface area is 132 Å². The standard InChI is InChI=1S/C16H15N5S/c1-12(18-19-13-8-4-3-5-9-13)20-21(2)16-17-14-10-6-7-11-15(14)22-16/h3-11H,1-2H3. The summed E-state index contributed by atoms with van der Waals surface area (Å²) in [6.45, 7) is 1.82. The Bertz CT molecular complexity index is 790. The number of rotatable bonds is 3. The van der Waals surface area contributed by atoms with E-state index in [0.717, 1.165) is 21.0 Å². The molecule has 0 amide bonds. The fourth-order valence-electron chi connectivity index (χ4n) is 1.90. The first-order valence-electron chi connectivity index (χ1n) is 6.84. The summed E-state index contributed by atoms with van der Waals surface area (Å²) in [5.74, 6) is 0.575. The maximum Gasteiger partial charge on any atom is 0.206 e. The van der Waals surface area contributed by atoms with Crippen LogP contribution < -0.4 is 5.01 Å². The Morgan fingerprint density at radius 2 is 1.77 bits per heavy atom. The molecule has 0 bridgehead atoms. The summed E-state index contributed by atoms with van der Waals surface area (Å²) >= 11 is 1.60. The molecule has 3 aromatic rings. The zero-order valence-electron chi connectivity index (χ0n) is 12.3. The van der Waals surface area contributed by atoms with Gasteiger partial charge in [-0.1, -0.05) is 41.7 Å². The molecule has 110 valence electrons. The van der Waals surface area contributed by atoms with E-state index in [-0.39, 0.29) is 0 Å². The van der Waals surface area contributed by atoms with E-state index < -0.39 is 0 Å². The Morgan fingerprint density at radius 1 is 1.05 bits per heavy atom. The van der Waals surface area contributed by atoms with Crippen LogP contribution in [0.3, 0.4) is 0 Å². The SMILES string of the molecule is CC(N=Nc1ccccc1)=NN(C)c1nc2ccccc2s1. The van der Waals surface area contributed by atoms with Crippen LogP contribution >= 0.6 is 11.3 Å². The predicted octanol–water partition coefficient (Wildman–Crippen LogP) is 4.85. The van der Waals surface area contributed by atoms with Crippen LogP contribution in [-0.4, -0.2) is 17.9 Å². The van der Waals surface area contributed by atoms with Crippen molar-refractivity contribution < 1.29 is 0 Å². The Kier molecular flexibility index (Phi) is 4.20. The molecule has 0 radical (unpaired) electrons. The van der Waals surface area contributed by atoms with Gasteiger partial charge in [-0.05, 0) is 31.2 Å². The van der Waals surface area contributed by atoms with Gasteiger partial charge in [-0.15, -0.1) is 10.2 Å². The smallest absolute Gasteiger partial charge is 0.206 e. The molecule has 22 heavy (non-hydrogen) atoms. The molecule has 1 aromatic heterocycles. The maximum absolute atomic E-state index is 4.55. The van der Waals surface area contributed by atoms with Gasteiger partial charge in [-0.2, -0.15) is 5.10 Å². The van der Waals surface area contributed by atoms with E-state index in [0.29, 0.717) is 5.84 Å². The number of amidine groups is 1. The van der Waals surface area contributed by atoms with Gasteiger partial charge in [-0.3, -0.25) is 0 Å². The highest BCUT2D eigenvalue weighted by Gasteiger charge is 2.07. The van der Waals surface area contributed by atoms with Gasteiger partial charge >= 0.3 is 0 Å². The number of para-hydroxylation sites is 1. The molecule has 0 N–H and O–H groups in total. The van der Waals surface area contributed by atoms with Crippen molar-refractivity contribution in [3.63, 3.8) is 0 Å². The van der Waals surface area contributed by atoms with Crippen molar-refractivity contribution in [3.8, 4) is 0 Å². The van der Waals surface area contributed by atoms with Gasteiger partial charge in [0.05, 0.1) is 15.9 Å². The summed E-state index contributed by atoms with van der Waals surface area (Å²) in [7, 11) is 1.86. The molecule has 0 aliphatic rings. The molecule has 1 heterocycles. The van der Waals surface area contributed by atoms with Crippen molar-refractivity contribution in [1.82, 2.24) is 4.98 Å². The molecule has 0 saturated carbocycles. The number of fused-ring (bicyclic) bond motifs is 1. The average molecular weight is 309 g/mol. The number of benzene rings is 2. The summed E-state index contributed by atoms with van der Waals surface area (Å²) in [5, 5.41) is 15.2. The Balaban J connectivity index is 1.76. The van der Waals surface area contributed by atoms with E-state index in [4.69, 9.17) is 0 Å². The summed E-state index contributed by atoms with van der Waals surface area (Å²) in [6.07, 6.45) is 0. The molecule has 0 spiro atoms. The summed E-state index contributed by atoms with van der Waals surface area (Å²) in [6, 6.07) is 17.6. The molecular formula is C16H15N5S. The van der Waals surface area contributed by atoms with Gasteiger partial charge < -0.3 is 0 Å². The van der Waals surface area contributed by atoms with Gasteiger partial charge in [0.1, 0.15) is 0 Å². The van der Waals surface area contributed by atoms with Crippen LogP contribution in [0.25, 0.3) is 10.2 Å². The topological polar surface area (TPSA) is 53.2 Å². The van der Waals surface area contributed by atoms with Crippen molar-refractivity contribution in [2.24, 2.45) is 15.3 Å². The summed E-state index contributed by atoms with van der Waals surface area (Å²) < 4.78 is 1.14. The van der Waals surface area contributed by atoms with Crippen LogP contribution in [-0.2, 0) is 0 Å². The van der Waals surface area contributed by atoms with Crippen LogP contribution in [0.2, 0.25) is 0 Å². The molecule has 2 aromatic carbocycles. The second-order valence-corrected chi connectivity index (χ2v) is 5.68. The van der Waals surface area contributed by atoms with Crippen molar-refractivity contribution >= 4 is 38.2 Å². The van der Waals surface area contributed by atoms with Crippen LogP contribution in [0.4, 0.5) is 10.8 Å². The van der Waals surface area contributed by atoms with Crippen LogP contribution in [0.5, 0.6) is 0 Å². The minimum atomic E-state index is 0.575. The number of thiazole rings is 1. The average Bonchev–Trinajstić information content (AvgIpc) is 2.98. The highest BCUT2D eigenvalue weighted by molar-refractivity contribution is 7.22. The molecule has 0 atom stereocenters. The Hall–Kier alpha value is -2.60. The predicted molar refractivity (Wildman–Crippen MR) is 92.1 cm³/mol. The van der Waals surface area contributed by atoms with Gasteiger partial charge in [0.15, 0.2) is 5.84 Å². The molecule has 0 aliphatic heterocycles. The molecule has 0 saturated heterocycles. The minimum Gasteiger partial charge on any atom is -0.240 e. The second-order valence-electron chi connectivity index (χ2n) is 4.67. The lowest BCUT2D eigenvalue weighted by atomic mass is 10.3. The fourth-order valence-corrected chi connectivity index (χ4v) is 2.78. The number of nitrogens with zero attached hydrogens (tertiary/aromatic N) is 5. The third kappa shape index (κ3) is 3.35. The molecule has 0 fully saturated rings. The molecule has 5 nitrogen and oxygen atoms in total. The number of aromatic nitrogens is 1. The third-order valence-corrected chi connectivity index (χ3v) is 4.02. The van der Waals surface area contributed by atoms with Crippen molar-refractivity contribution in [2.75, 3.05) is 12.1 Å². The zero-order valence-corrected chi connectivity index (χ0v) is 13.2. The van der Waals surface area contributed by atoms with Gasteiger partial charge in [0, 0.05) is 7.05 Å². The molecular weight excluding hydrogens is 294 g/mol. The lowest BCUT2D eigenvalue weighted by Gasteiger charge is -2.07. The first-order chi connectivity index (χ1) is 10.7. The van der Waals surface area contributed by atoms with E-state index >= 15 is 0 Å². The lowest BCUT2D eigenvalue weighted by molar-refractivity contribution is 0.993. The zero-order chi connectivity index (χ0) is 15.4. The fraction of sp³-hybridized carbons (Fsp3) is 0.125. The van der Waals surface area contributed by atoms with Crippen LogP contribution in [0.1, 0.15) is 6.92 Å². The summed E-state index contributed by atoms with van der Waals surface area (Å²) in [4.78, 5) is 4.55. The van der Waals surface area contributed by atoms with Crippen molar-refractivity contribution in [2.45, 2.75) is 6.92 Å². The highest BCUT2D eigenvalue weighted by atomic mass is 32.1. The normalized spacial score (nSPS) is 12.2. The molecule has 3 rings (SSSR count). The van der Waals surface area contributed by atoms with Crippen molar-refractivity contribution in [3.05, 3.63) is 54.6 Å². The maximum atomic E-state index is 4.55. The number of hydrazone groups is 1.